The van der Waals surface area contributed by atoms with Gasteiger partial charge in [-0.2, -0.15) is 0 Å². The second kappa shape index (κ2) is 5.37. The van der Waals surface area contributed by atoms with Crippen molar-refractivity contribution >= 4 is 15.8 Å². The van der Waals surface area contributed by atoms with E-state index in [9.17, 15) is 8.42 Å². The first-order valence-electron chi connectivity index (χ1n) is 5.67. The average molecular weight is 281 g/mol. The Labute approximate surface area is 111 Å². The lowest BCUT2D eigenvalue weighted by Crippen LogP contribution is -2.35. The fraction of sp³-hybridized carbons (Fsp3) is 0.273. The maximum atomic E-state index is 12.1. The van der Waals surface area contributed by atoms with Crippen molar-refractivity contribution in [3.63, 3.8) is 0 Å². The molecule has 1 unspecified atom stereocenters. The second-order valence-corrected chi connectivity index (χ2v) is 5.91. The predicted molar refractivity (Wildman–Crippen MR) is 70.7 cm³/mol. The molecule has 0 saturated heterocycles. The number of anilines is 1. The maximum absolute atomic E-state index is 12.1. The van der Waals surface area contributed by atoms with Gasteiger partial charge in [-0.1, -0.05) is 0 Å². The highest BCUT2D eigenvalue weighted by molar-refractivity contribution is 7.89. The van der Waals surface area contributed by atoms with Crippen molar-refractivity contribution in [2.45, 2.75) is 24.4 Å². The first kappa shape index (κ1) is 13.5. The first-order valence-corrected chi connectivity index (χ1v) is 7.15. The van der Waals surface area contributed by atoms with Crippen molar-refractivity contribution in [3.8, 4) is 0 Å². The number of aromatic nitrogens is 3. The molecule has 2 aromatic rings. The molecule has 0 aliphatic heterocycles. The fourth-order valence-corrected chi connectivity index (χ4v) is 2.81. The summed E-state index contributed by atoms with van der Waals surface area (Å²) < 4.78 is 28.5. The number of hydrogen-bond acceptors (Lipinski definition) is 5. The van der Waals surface area contributed by atoms with Crippen LogP contribution in [0.4, 0.5) is 5.82 Å². The molecule has 0 radical (unpaired) electrons. The Hall–Kier alpha value is -1.93. The summed E-state index contributed by atoms with van der Waals surface area (Å²) in [7, 11) is -3.58. The molecule has 102 valence electrons. The summed E-state index contributed by atoms with van der Waals surface area (Å²) in [5.41, 5.74) is 5.42. The third-order valence-corrected chi connectivity index (χ3v) is 4.04. The lowest BCUT2D eigenvalue weighted by Gasteiger charge is -2.14. The maximum Gasteiger partial charge on any atom is 0.242 e. The highest BCUT2D eigenvalue weighted by Gasteiger charge is 2.17. The van der Waals surface area contributed by atoms with Gasteiger partial charge in [0.05, 0.1) is 6.33 Å². The van der Waals surface area contributed by atoms with E-state index in [1.54, 1.807) is 30.2 Å². The van der Waals surface area contributed by atoms with Crippen LogP contribution in [0.1, 0.15) is 6.92 Å². The third-order valence-electron chi connectivity index (χ3n) is 2.47. The zero-order valence-corrected chi connectivity index (χ0v) is 11.2. The summed E-state index contributed by atoms with van der Waals surface area (Å²) in [5.74, 6) is 0.283. The Balaban J connectivity index is 2.06. The largest absolute Gasteiger partial charge is 0.384 e. The molecule has 19 heavy (non-hydrogen) atoms. The molecule has 0 aliphatic rings. The van der Waals surface area contributed by atoms with Gasteiger partial charge in [0, 0.05) is 31.2 Å². The number of imidazole rings is 1. The number of nitrogens with one attached hydrogen (secondary N) is 1. The van der Waals surface area contributed by atoms with Gasteiger partial charge in [0.2, 0.25) is 10.0 Å². The molecular weight excluding hydrogens is 266 g/mol. The minimum Gasteiger partial charge on any atom is -0.384 e. The van der Waals surface area contributed by atoms with Gasteiger partial charge in [-0.3, -0.25) is 0 Å². The highest BCUT2D eigenvalue weighted by atomic mass is 32.2. The zero-order chi connectivity index (χ0) is 13.9. The van der Waals surface area contributed by atoms with Crippen molar-refractivity contribution in [2.24, 2.45) is 0 Å². The Kier molecular flexibility index (Phi) is 3.82. The van der Waals surface area contributed by atoms with Gasteiger partial charge in [-0.15, -0.1) is 0 Å². The topological polar surface area (TPSA) is 103 Å². The first-order chi connectivity index (χ1) is 8.97. The van der Waals surface area contributed by atoms with E-state index in [2.05, 4.69) is 14.7 Å². The van der Waals surface area contributed by atoms with E-state index in [1.165, 1.54) is 18.3 Å². The van der Waals surface area contributed by atoms with Crippen molar-refractivity contribution in [3.05, 3.63) is 37.1 Å². The highest BCUT2D eigenvalue weighted by Crippen LogP contribution is 2.09. The average Bonchev–Trinajstić information content (AvgIpc) is 2.81. The molecule has 0 bridgehead atoms. The molecule has 2 aromatic heterocycles. The van der Waals surface area contributed by atoms with Crippen LogP contribution in [-0.2, 0) is 16.6 Å². The molecular formula is C11H15N5O2S. The van der Waals surface area contributed by atoms with Gasteiger partial charge in [0.15, 0.2) is 0 Å². The van der Waals surface area contributed by atoms with E-state index in [-0.39, 0.29) is 16.8 Å². The molecule has 0 aliphatic carbocycles. The minimum atomic E-state index is -3.58. The van der Waals surface area contributed by atoms with Crippen LogP contribution in [0.5, 0.6) is 0 Å². The molecule has 2 rings (SSSR count). The minimum absolute atomic E-state index is 0.0965. The SMILES string of the molecule is CC(Cn1ccnc1)NS(=O)(=O)c1ccc(N)nc1. The normalized spacial score (nSPS) is 13.3. The summed E-state index contributed by atoms with van der Waals surface area (Å²) in [6.07, 6.45) is 6.29. The molecule has 0 amide bonds. The molecule has 3 N–H and O–H groups in total. The van der Waals surface area contributed by atoms with E-state index < -0.39 is 10.0 Å². The van der Waals surface area contributed by atoms with Crippen LogP contribution in [-0.4, -0.2) is 29.0 Å². The van der Waals surface area contributed by atoms with E-state index in [0.717, 1.165) is 0 Å². The number of sulfonamides is 1. The van der Waals surface area contributed by atoms with Crippen molar-refractivity contribution in [1.29, 1.82) is 0 Å². The van der Waals surface area contributed by atoms with Crippen LogP contribution >= 0.6 is 0 Å². The third kappa shape index (κ3) is 3.52. The summed E-state index contributed by atoms with van der Waals surface area (Å²) in [6.45, 7) is 2.28. The van der Waals surface area contributed by atoms with E-state index >= 15 is 0 Å². The van der Waals surface area contributed by atoms with Crippen LogP contribution in [0.25, 0.3) is 0 Å². The van der Waals surface area contributed by atoms with Gasteiger partial charge >= 0.3 is 0 Å². The van der Waals surface area contributed by atoms with Crippen molar-refractivity contribution < 1.29 is 8.42 Å². The quantitative estimate of drug-likeness (QED) is 0.816. The summed E-state index contributed by atoms with van der Waals surface area (Å²) >= 11 is 0. The Morgan fingerprint density at radius 3 is 2.84 bits per heavy atom. The number of nitrogen functional groups attached to an aromatic ring is 1. The summed E-state index contributed by atoms with van der Waals surface area (Å²) in [4.78, 5) is 7.77. The Morgan fingerprint density at radius 2 is 2.26 bits per heavy atom. The zero-order valence-electron chi connectivity index (χ0n) is 10.4. The summed E-state index contributed by atoms with van der Waals surface area (Å²) in [5, 5.41) is 0. The van der Waals surface area contributed by atoms with E-state index in [0.29, 0.717) is 6.54 Å². The van der Waals surface area contributed by atoms with Crippen LogP contribution in [0.2, 0.25) is 0 Å². The molecule has 0 aromatic carbocycles. The number of pyridine rings is 1. The lowest BCUT2D eigenvalue weighted by molar-refractivity contribution is 0.520. The van der Waals surface area contributed by atoms with Crippen LogP contribution in [0, 0.1) is 0 Å². The Morgan fingerprint density at radius 1 is 1.47 bits per heavy atom. The van der Waals surface area contributed by atoms with Crippen LogP contribution in [0.3, 0.4) is 0 Å². The molecule has 0 fully saturated rings. The monoisotopic (exact) mass is 281 g/mol. The standard InChI is InChI=1S/C11H15N5O2S/c1-9(7-16-5-4-13-8-16)15-19(17,18)10-2-3-11(12)14-6-10/h2-6,8-9,15H,7H2,1H3,(H2,12,14). The molecule has 0 saturated carbocycles. The number of hydrogen-bond donors (Lipinski definition) is 2. The van der Waals surface area contributed by atoms with Crippen molar-refractivity contribution in [2.75, 3.05) is 5.73 Å². The predicted octanol–water partition coefficient (Wildman–Crippen LogP) is 0.227. The van der Waals surface area contributed by atoms with Gasteiger partial charge in [-0.25, -0.2) is 23.1 Å². The molecule has 0 spiro atoms. The van der Waals surface area contributed by atoms with Gasteiger partial charge in [-0.05, 0) is 19.1 Å². The number of rotatable bonds is 5. The summed E-state index contributed by atoms with van der Waals surface area (Å²) in [6, 6.07) is 2.61. The molecule has 1 atom stereocenters. The Bertz CT molecular complexity index is 622. The van der Waals surface area contributed by atoms with Crippen LogP contribution in [0.15, 0.2) is 41.9 Å². The smallest absolute Gasteiger partial charge is 0.242 e. The van der Waals surface area contributed by atoms with Gasteiger partial charge < -0.3 is 10.3 Å². The fourth-order valence-electron chi connectivity index (χ4n) is 1.63. The number of nitrogens with zero attached hydrogens (tertiary/aromatic N) is 3. The molecule has 7 nitrogen and oxygen atoms in total. The van der Waals surface area contributed by atoms with E-state index in [4.69, 9.17) is 5.73 Å². The van der Waals surface area contributed by atoms with Gasteiger partial charge in [0.1, 0.15) is 10.7 Å². The molecule has 8 heteroatoms. The van der Waals surface area contributed by atoms with Gasteiger partial charge in [0.25, 0.3) is 0 Å². The van der Waals surface area contributed by atoms with Crippen molar-refractivity contribution in [1.82, 2.24) is 19.3 Å². The molecule has 2 heterocycles. The second-order valence-electron chi connectivity index (χ2n) is 4.20. The van der Waals surface area contributed by atoms with E-state index in [1.807, 2.05) is 0 Å². The number of nitrogens with two attached hydrogens (primary N) is 1. The lowest BCUT2D eigenvalue weighted by atomic mass is 10.4. The van der Waals surface area contributed by atoms with Crippen LogP contribution < -0.4 is 10.5 Å².